The first kappa shape index (κ1) is 27.5. The molecule has 202 valence electrons. The van der Waals surface area contributed by atoms with E-state index in [0.29, 0.717) is 17.4 Å². The molecule has 0 spiro atoms. The lowest BCUT2D eigenvalue weighted by Gasteiger charge is -2.53. The molecule has 0 radical (unpaired) electrons. The molecular formula is C30H37F3NO3-. The Hall–Kier alpha value is -2.57. The number of carboxylic acid groups (broad SMARTS) is 1. The van der Waals surface area contributed by atoms with Crippen LogP contribution >= 0.6 is 0 Å². The Morgan fingerprint density at radius 2 is 1.62 bits per heavy atom. The van der Waals surface area contributed by atoms with Crippen molar-refractivity contribution < 1.29 is 23.1 Å². The van der Waals surface area contributed by atoms with Gasteiger partial charge in [-0.15, -0.1) is 0 Å². The third-order valence-corrected chi connectivity index (χ3v) is 9.04. The number of alkyl halides is 3. The van der Waals surface area contributed by atoms with Gasteiger partial charge in [0.1, 0.15) is 0 Å². The summed E-state index contributed by atoms with van der Waals surface area (Å²) in [6.45, 7) is 6.53. The second-order valence-corrected chi connectivity index (χ2v) is 11.6. The number of benzene rings is 1. The van der Waals surface area contributed by atoms with Crippen LogP contribution < -0.4 is 10.7 Å². The lowest BCUT2D eigenvalue weighted by molar-refractivity contribution is -0.320. The molecule has 1 heterocycles. The summed E-state index contributed by atoms with van der Waals surface area (Å²) in [4.78, 5) is 25.5. The molecule has 0 bridgehead atoms. The van der Waals surface area contributed by atoms with Gasteiger partial charge in [0, 0.05) is 17.7 Å². The van der Waals surface area contributed by atoms with Crippen molar-refractivity contribution in [2.45, 2.75) is 83.9 Å². The third-order valence-electron chi connectivity index (χ3n) is 9.04. The van der Waals surface area contributed by atoms with Gasteiger partial charge in [-0.25, -0.2) is 0 Å². The molecule has 1 aromatic carbocycles. The van der Waals surface area contributed by atoms with Crippen molar-refractivity contribution in [2.75, 3.05) is 0 Å². The van der Waals surface area contributed by atoms with Crippen molar-refractivity contribution in [3.05, 3.63) is 69.6 Å². The molecule has 2 fully saturated rings. The highest BCUT2D eigenvalue weighted by atomic mass is 19.4. The van der Waals surface area contributed by atoms with Crippen molar-refractivity contribution in [1.82, 2.24) is 4.57 Å². The Kier molecular flexibility index (Phi) is 7.91. The van der Waals surface area contributed by atoms with E-state index in [9.17, 15) is 27.9 Å². The highest BCUT2D eigenvalue weighted by molar-refractivity contribution is 5.81. The average Bonchev–Trinajstić information content (AvgIpc) is 3.36. The lowest BCUT2D eigenvalue weighted by atomic mass is 9.52. The Morgan fingerprint density at radius 3 is 2.19 bits per heavy atom. The monoisotopic (exact) mass is 516 g/mol. The maximum Gasteiger partial charge on any atom is 0.417 e. The Bertz CT molecular complexity index is 1150. The van der Waals surface area contributed by atoms with Gasteiger partial charge in [-0.2, -0.15) is 13.2 Å². The average molecular weight is 517 g/mol. The number of hydrogen-bond donors (Lipinski definition) is 0. The number of aromatic nitrogens is 1. The third kappa shape index (κ3) is 5.37. The van der Waals surface area contributed by atoms with Crippen molar-refractivity contribution in [2.24, 2.45) is 29.6 Å². The van der Waals surface area contributed by atoms with Gasteiger partial charge >= 0.3 is 6.18 Å². The van der Waals surface area contributed by atoms with Crippen molar-refractivity contribution in [3.63, 3.8) is 0 Å². The summed E-state index contributed by atoms with van der Waals surface area (Å²) in [7, 11) is 0. The van der Waals surface area contributed by atoms with Gasteiger partial charge in [0.15, 0.2) is 0 Å². The molecule has 2 aliphatic carbocycles. The van der Waals surface area contributed by atoms with Gasteiger partial charge in [0.05, 0.1) is 18.1 Å². The molecule has 0 N–H and O–H groups in total. The molecule has 4 nitrogen and oxygen atoms in total. The van der Waals surface area contributed by atoms with E-state index >= 15 is 0 Å². The minimum Gasteiger partial charge on any atom is -0.549 e. The topological polar surface area (TPSA) is 62.1 Å². The van der Waals surface area contributed by atoms with E-state index in [1.165, 1.54) is 0 Å². The van der Waals surface area contributed by atoms with Crippen molar-refractivity contribution in [3.8, 4) is 0 Å². The van der Waals surface area contributed by atoms with Crippen LogP contribution in [0.25, 0.3) is 0 Å². The summed E-state index contributed by atoms with van der Waals surface area (Å²) in [6.07, 6.45) is 2.94. The van der Waals surface area contributed by atoms with Crippen LogP contribution in [0.3, 0.4) is 0 Å². The van der Waals surface area contributed by atoms with E-state index < -0.39 is 28.7 Å². The zero-order valence-corrected chi connectivity index (χ0v) is 21.9. The smallest absolute Gasteiger partial charge is 0.417 e. The van der Waals surface area contributed by atoms with E-state index in [0.717, 1.165) is 73.4 Å². The van der Waals surface area contributed by atoms with Crippen LogP contribution in [0.2, 0.25) is 0 Å². The molecule has 4 rings (SSSR count). The molecule has 2 saturated carbocycles. The van der Waals surface area contributed by atoms with E-state index in [-0.39, 0.29) is 24.3 Å². The van der Waals surface area contributed by atoms with Crippen LogP contribution in [0.1, 0.15) is 82.4 Å². The number of halogens is 3. The van der Waals surface area contributed by atoms with Crippen LogP contribution in [-0.4, -0.2) is 10.5 Å². The number of carbonyl (C=O) groups excluding carboxylic acids is 1. The summed E-state index contributed by atoms with van der Waals surface area (Å²) in [5, 5.41) is 13.3. The second kappa shape index (κ2) is 10.7. The van der Waals surface area contributed by atoms with Gasteiger partial charge < -0.3 is 14.5 Å². The predicted octanol–water partition coefficient (Wildman–Crippen LogP) is 5.80. The largest absolute Gasteiger partial charge is 0.549 e. The van der Waals surface area contributed by atoms with Gasteiger partial charge in [0.25, 0.3) is 5.56 Å². The van der Waals surface area contributed by atoms with Crippen LogP contribution in [-0.2, 0) is 22.9 Å². The van der Waals surface area contributed by atoms with E-state index in [1.54, 1.807) is 12.1 Å². The standard InChI is InChI=1S/C30H38F3NO3/c1-19(2)25-14-8-20(3)16-26(25)29(28(36)37,22-6-4-5-7-22)23-11-9-21(10-12-23)17-34-18-24(30(31,32)33)13-15-27(34)35/h9-13,15,18-20,22,25-26H,4-8,14,16-17H2,1-3H3,(H,36,37)/p-1/t20-,25+,26-,29-/m1/s1. The lowest BCUT2D eigenvalue weighted by Crippen LogP contribution is -2.58. The summed E-state index contributed by atoms with van der Waals surface area (Å²) < 4.78 is 40.5. The summed E-state index contributed by atoms with van der Waals surface area (Å²) >= 11 is 0. The van der Waals surface area contributed by atoms with Gasteiger partial charge in [-0.05, 0) is 72.5 Å². The summed E-state index contributed by atoms with van der Waals surface area (Å²) in [5.74, 6) is 0.00760. The number of pyridine rings is 1. The zero-order chi connectivity index (χ0) is 27.0. The summed E-state index contributed by atoms with van der Waals surface area (Å²) in [6, 6.07) is 8.86. The van der Waals surface area contributed by atoms with Crippen molar-refractivity contribution in [1.29, 1.82) is 0 Å². The molecule has 0 saturated heterocycles. The van der Waals surface area contributed by atoms with Crippen molar-refractivity contribution >= 4 is 5.97 Å². The molecule has 4 atom stereocenters. The fourth-order valence-corrected chi connectivity index (χ4v) is 7.20. The number of carbonyl (C=O) groups is 1. The van der Waals surface area contributed by atoms with E-state index in [4.69, 9.17) is 0 Å². The first-order valence-electron chi connectivity index (χ1n) is 13.5. The first-order chi connectivity index (χ1) is 17.4. The molecule has 37 heavy (non-hydrogen) atoms. The zero-order valence-electron chi connectivity index (χ0n) is 21.9. The highest BCUT2D eigenvalue weighted by Crippen LogP contribution is 2.55. The Morgan fingerprint density at radius 1 is 1.00 bits per heavy atom. The van der Waals surface area contributed by atoms with E-state index in [1.807, 2.05) is 12.1 Å². The van der Waals surface area contributed by atoms with Gasteiger partial charge in [-0.3, -0.25) is 4.79 Å². The number of nitrogens with zero attached hydrogens (tertiary/aromatic N) is 1. The molecule has 0 amide bonds. The number of aliphatic carboxylic acids is 1. The molecule has 2 aliphatic rings. The molecule has 2 aromatic rings. The fourth-order valence-electron chi connectivity index (χ4n) is 7.20. The van der Waals surface area contributed by atoms with E-state index in [2.05, 4.69) is 20.8 Å². The van der Waals surface area contributed by atoms with Gasteiger partial charge in [-0.1, -0.05) is 64.3 Å². The maximum absolute atomic E-state index is 13.3. The highest BCUT2D eigenvalue weighted by Gasteiger charge is 2.52. The number of hydrogen-bond acceptors (Lipinski definition) is 3. The molecule has 7 heteroatoms. The minimum absolute atomic E-state index is 0.00835. The number of rotatable bonds is 7. The maximum atomic E-state index is 13.3. The van der Waals surface area contributed by atoms with Gasteiger partial charge in [0.2, 0.25) is 0 Å². The molecule has 1 aromatic heterocycles. The summed E-state index contributed by atoms with van der Waals surface area (Å²) in [5.41, 5.74) is -1.15. The van der Waals surface area contributed by atoms with Crippen LogP contribution in [0.4, 0.5) is 13.2 Å². The SMILES string of the molecule is CC(C)[C@@H]1CC[C@@H](C)C[C@H]1[C@](C(=O)[O-])(c1ccc(Cn2cc(C(F)(F)F)ccc2=O)cc1)C1CCCC1. The molecule has 0 unspecified atom stereocenters. The molecule has 0 aliphatic heterocycles. The molecular weight excluding hydrogens is 479 g/mol. The Labute approximate surface area is 216 Å². The quantitative estimate of drug-likeness (QED) is 0.467. The van der Waals surface area contributed by atoms with Crippen LogP contribution in [0.15, 0.2) is 47.4 Å². The number of carboxylic acids is 1. The predicted molar refractivity (Wildman–Crippen MR) is 135 cm³/mol. The van der Waals surface area contributed by atoms with Crippen LogP contribution in [0.5, 0.6) is 0 Å². The fraction of sp³-hybridized carbons (Fsp3) is 0.600. The normalized spacial score (nSPS) is 24.8. The van der Waals surface area contributed by atoms with Crippen LogP contribution in [0, 0.1) is 29.6 Å². The minimum atomic E-state index is -4.54. The first-order valence-corrected chi connectivity index (χ1v) is 13.5. The Balaban J connectivity index is 1.75. The second-order valence-electron chi connectivity index (χ2n) is 11.6.